The highest BCUT2D eigenvalue weighted by atomic mass is 16.5. The van der Waals surface area contributed by atoms with Gasteiger partial charge in [-0.25, -0.2) is 0 Å². The number of aromatic nitrogens is 2. The standard InChI is InChI=1S/C16H29N3O2/c1-6-9-14(20)10-11-15-17-16(21-18-15)19(12(4)7-2)13(5)8-3/h12-13H,6-11H2,1-5H3. The van der Waals surface area contributed by atoms with Crippen molar-refractivity contribution in [3.63, 3.8) is 0 Å². The van der Waals surface area contributed by atoms with E-state index in [4.69, 9.17) is 4.52 Å². The zero-order chi connectivity index (χ0) is 15.8. The van der Waals surface area contributed by atoms with Crippen LogP contribution in [0.25, 0.3) is 0 Å². The van der Waals surface area contributed by atoms with Crippen LogP contribution in [0.1, 0.15) is 72.5 Å². The third kappa shape index (κ3) is 5.14. The molecule has 0 aliphatic rings. The number of anilines is 1. The average Bonchev–Trinajstić information content (AvgIpc) is 2.93. The predicted molar refractivity (Wildman–Crippen MR) is 84.5 cm³/mol. The first-order valence-corrected chi connectivity index (χ1v) is 8.15. The summed E-state index contributed by atoms with van der Waals surface area (Å²) in [4.78, 5) is 18.2. The highest BCUT2D eigenvalue weighted by molar-refractivity contribution is 5.78. The molecular weight excluding hydrogens is 266 g/mol. The second kappa shape index (κ2) is 8.80. The zero-order valence-corrected chi connectivity index (χ0v) is 14.1. The third-order valence-corrected chi connectivity index (χ3v) is 3.97. The molecule has 0 bridgehead atoms. The summed E-state index contributed by atoms with van der Waals surface area (Å²) < 4.78 is 5.42. The lowest BCUT2D eigenvalue weighted by atomic mass is 10.1. The van der Waals surface area contributed by atoms with E-state index in [1.165, 1.54) is 0 Å². The van der Waals surface area contributed by atoms with Crippen LogP contribution < -0.4 is 4.90 Å². The van der Waals surface area contributed by atoms with Crippen molar-refractivity contribution >= 4 is 11.8 Å². The monoisotopic (exact) mass is 295 g/mol. The maximum Gasteiger partial charge on any atom is 0.324 e. The van der Waals surface area contributed by atoms with Gasteiger partial charge < -0.3 is 9.42 Å². The molecule has 1 rings (SSSR count). The lowest BCUT2D eigenvalue weighted by molar-refractivity contribution is -0.119. The van der Waals surface area contributed by atoms with Crippen molar-refractivity contribution in [3.8, 4) is 0 Å². The van der Waals surface area contributed by atoms with E-state index < -0.39 is 0 Å². The van der Waals surface area contributed by atoms with Crippen LogP contribution in [0.3, 0.4) is 0 Å². The Morgan fingerprint density at radius 3 is 2.29 bits per heavy atom. The molecule has 5 heteroatoms. The minimum Gasteiger partial charge on any atom is -0.319 e. The van der Waals surface area contributed by atoms with Gasteiger partial charge in [0, 0.05) is 31.3 Å². The Morgan fingerprint density at radius 1 is 1.14 bits per heavy atom. The van der Waals surface area contributed by atoms with Crippen LogP contribution in [0.5, 0.6) is 0 Å². The zero-order valence-electron chi connectivity index (χ0n) is 14.1. The van der Waals surface area contributed by atoms with Crippen LogP contribution in [-0.2, 0) is 11.2 Å². The number of aryl methyl sites for hydroxylation is 1. The molecule has 0 saturated carbocycles. The van der Waals surface area contributed by atoms with Gasteiger partial charge >= 0.3 is 6.01 Å². The molecule has 120 valence electrons. The number of carbonyl (C=O) groups excluding carboxylic acids is 1. The summed E-state index contributed by atoms with van der Waals surface area (Å²) >= 11 is 0. The van der Waals surface area contributed by atoms with Crippen molar-refractivity contribution in [2.24, 2.45) is 0 Å². The van der Waals surface area contributed by atoms with E-state index in [1.807, 2.05) is 6.92 Å². The molecule has 0 N–H and O–H groups in total. The molecule has 0 aromatic carbocycles. The minimum atomic E-state index is 0.268. The largest absolute Gasteiger partial charge is 0.324 e. The minimum absolute atomic E-state index is 0.268. The molecule has 5 nitrogen and oxygen atoms in total. The molecule has 0 fully saturated rings. The van der Waals surface area contributed by atoms with Gasteiger partial charge in [0.15, 0.2) is 5.82 Å². The summed E-state index contributed by atoms with van der Waals surface area (Å²) in [7, 11) is 0. The Kier molecular flexibility index (Phi) is 7.40. The Hall–Kier alpha value is -1.39. The van der Waals surface area contributed by atoms with Crippen molar-refractivity contribution in [2.45, 2.75) is 85.2 Å². The van der Waals surface area contributed by atoms with Crippen molar-refractivity contribution in [1.82, 2.24) is 10.1 Å². The SMILES string of the molecule is CCCC(=O)CCc1noc(N(C(C)CC)C(C)CC)n1. The summed E-state index contributed by atoms with van der Waals surface area (Å²) in [5.41, 5.74) is 0. The fraction of sp³-hybridized carbons (Fsp3) is 0.812. The molecule has 21 heavy (non-hydrogen) atoms. The van der Waals surface area contributed by atoms with Crippen LogP contribution in [-0.4, -0.2) is 28.0 Å². The number of hydrogen-bond acceptors (Lipinski definition) is 5. The summed E-state index contributed by atoms with van der Waals surface area (Å²) in [6, 6.07) is 1.29. The number of rotatable bonds is 10. The lowest BCUT2D eigenvalue weighted by Crippen LogP contribution is -2.40. The summed E-state index contributed by atoms with van der Waals surface area (Å²) in [5.74, 6) is 0.899. The first-order chi connectivity index (χ1) is 10.0. The maximum absolute atomic E-state index is 11.6. The van der Waals surface area contributed by atoms with E-state index in [-0.39, 0.29) is 5.78 Å². The van der Waals surface area contributed by atoms with Crippen LogP contribution >= 0.6 is 0 Å². The van der Waals surface area contributed by atoms with E-state index in [2.05, 4.69) is 42.7 Å². The Morgan fingerprint density at radius 2 is 1.76 bits per heavy atom. The van der Waals surface area contributed by atoms with Gasteiger partial charge in [-0.3, -0.25) is 4.79 Å². The van der Waals surface area contributed by atoms with E-state index in [0.717, 1.165) is 19.3 Å². The number of carbonyl (C=O) groups is 1. The van der Waals surface area contributed by atoms with E-state index in [9.17, 15) is 4.79 Å². The second-order valence-corrected chi connectivity index (χ2v) is 5.70. The smallest absolute Gasteiger partial charge is 0.319 e. The van der Waals surface area contributed by atoms with Gasteiger partial charge in [0.1, 0.15) is 5.78 Å². The van der Waals surface area contributed by atoms with Crippen molar-refractivity contribution < 1.29 is 9.32 Å². The molecule has 2 atom stereocenters. The predicted octanol–water partition coefficient (Wildman–Crippen LogP) is 3.77. The van der Waals surface area contributed by atoms with Gasteiger partial charge in [-0.1, -0.05) is 25.9 Å². The lowest BCUT2D eigenvalue weighted by Gasteiger charge is -2.31. The van der Waals surface area contributed by atoms with Crippen LogP contribution in [0.2, 0.25) is 0 Å². The van der Waals surface area contributed by atoms with Gasteiger partial charge in [0.2, 0.25) is 0 Å². The molecule has 2 unspecified atom stereocenters. The molecular formula is C16H29N3O2. The van der Waals surface area contributed by atoms with Crippen LogP contribution in [0, 0.1) is 0 Å². The summed E-state index contributed by atoms with van der Waals surface area (Å²) in [5, 5.41) is 4.02. The Labute approximate surface area is 128 Å². The van der Waals surface area contributed by atoms with E-state index in [1.54, 1.807) is 0 Å². The summed E-state index contributed by atoms with van der Waals surface area (Å²) in [6.07, 6.45) is 4.65. The molecule has 0 amide bonds. The molecule has 0 radical (unpaired) electrons. The molecule has 0 saturated heterocycles. The molecule has 0 spiro atoms. The number of Topliss-reactive ketones (excluding diaryl/α,β-unsaturated/α-hetero) is 1. The first kappa shape index (κ1) is 17.7. The normalized spacial score (nSPS) is 14.0. The molecule has 1 aromatic heterocycles. The molecule has 0 aliphatic carbocycles. The maximum atomic E-state index is 11.6. The van der Waals surface area contributed by atoms with Gasteiger partial charge in [-0.05, 0) is 33.1 Å². The fourth-order valence-electron chi connectivity index (χ4n) is 2.31. The second-order valence-electron chi connectivity index (χ2n) is 5.70. The van der Waals surface area contributed by atoms with Crippen LogP contribution in [0.4, 0.5) is 6.01 Å². The number of hydrogen-bond donors (Lipinski definition) is 0. The Balaban J connectivity index is 2.72. The highest BCUT2D eigenvalue weighted by Crippen LogP contribution is 2.21. The number of nitrogens with zero attached hydrogens (tertiary/aromatic N) is 3. The first-order valence-electron chi connectivity index (χ1n) is 8.15. The molecule has 1 aromatic rings. The summed E-state index contributed by atoms with van der Waals surface area (Å²) in [6.45, 7) is 10.7. The van der Waals surface area contributed by atoms with Crippen molar-refractivity contribution in [3.05, 3.63) is 5.82 Å². The van der Waals surface area contributed by atoms with E-state index in [0.29, 0.717) is 43.2 Å². The Bertz CT molecular complexity index is 421. The molecule has 0 aliphatic heterocycles. The quantitative estimate of drug-likeness (QED) is 0.657. The van der Waals surface area contributed by atoms with Crippen molar-refractivity contribution in [1.29, 1.82) is 0 Å². The average molecular weight is 295 g/mol. The molecule has 1 heterocycles. The highest BCUT2D eigenvalue weighted by Gasteiger charge is 2.23. The van der Waals surface area contributed by atoms with Gasteiger partial charge in [-0.2, -0.15) is 4.98 Å². The van der Waals surface area contributed by atoms with Gasteiger partial charge in [-0.15, -0.1) is 0 Å². The topological polar surface area (TPSA) is 59.2 Å². The van der Waals surface area contributed by atoms with Gasteiger partial charge in [0.05, 0.1) is 0 Å². The third-order valence-electron chi connectivity index (χ3n) is 3.97. The van der Waals surface area contributed by atoms with E-state index >= 15 is 0 Å². The van der Waals surface area contributed by atoms with Gasteiger partial charge in [0.25, 0.3) is 0 Å². The number of ketones is 1. The van der Waals surface area contributed by atoms with Crippen LogP contribution in [0.15, 0.2) is 4.52 Å². The fourth-order valence-corrected chi connectivity index (χ4v) is 2.31. The van der Waals surface area contributed by atoms with Crippen molar-refractivity contribution in [2.75, 3.05) is 4.90 Å².